The minimum Gasteiger partial charge on any atom is -0.351 e. The van der Waals surface area contributed by atoms with Crippen LogP contribution in [0, 0.1) is 6.92 Å². The van der Waals surface area contributed by atoms with Gasteiger partial charge in [0.25, 0.3) is 5.56 Å². The van der Waals surface area contributed by atoms with E-state index < -0.39 is 0 Å². The van der Waals surface area contributed by atoms with Gasteiger partial charge in [0.05, 0.1) is 11.3 Å². The standard InChI is InChI=1S/C24H22ClN3O2S2/c1-3-28-23(30)22-21(19(13-31-22)17-8-4-15(2)5-9-17)27-24(28)32-14-20(29)26-12-16-6-10-18(25)11-7-16/h4-11,13H,3,12,14H2,1-2H3,(H,26,29). The number of thiophene rings is 1. The van der Waals surface area contributed by atoms with E-state index in [9.17, 15) is 9.59 Å². The molecule has 0 spiro atoms. The van der Waals surface area contributed by atoms with Crippen LogP contribution >= 0.6 is 34.7 Å². The number of carbonyl (C=O) groups is 1. The first-order chi connectivity index (χ1) is 15.5. The van der Waals surface area contributed by atoms with Crippen molar-refractivity contribution in [3.63, 3.8) is 0 Å². The third kappa shape index (κ3) is 4.90. The van der Waals surface area contributed by atoms with Gasteiger partial charge in [0.2, 0.25) is 5.91 Å². The lowest BCUT2D eigenvalue weighted by Crippen LogP contribution is -2.26. The maximum Gasteiger partial charge on any atom is 0.272 e. The van der Waals surface area contributed by atoms with Crippen LogP contribution in [0.25, 0.3) is 21.3 Å². The van der Waals surface area contributed by atoms with E-state index in [0.29, 0.717) is 33.5 Å². The Morgan fingerprint density at radius 2 is 1.88 bits per heavy atom. The molecule has 1 N–H and O–H groups in total. The van der Waals surface area contributed by atoms with Crippen LogP contribution in [-0.2, 0) is 17.9 Å². The van der Waals surface area contributed by atoms with Gasteiger partial charge in [-0.1, -0.05) is 65.3 Å². The number of hydrogen-bond donors (Lipinski definition) is 1. The summed E-state index contributed by atoms with van der Waals surface area (Å²) in [7, 11) is 0. The Morgan fingerprint density at radius 1 is 1.16 bits per heavy atom. The Balaban J connectivity index is 1.55. The number of nitrogens with one attached hydrogen (secondary N) is 1. The summed E-state index contributed by atoms with van der Waals surface area (Å²) in [4.78, 5) is 30.3. The van der Waals surface area contributed by atoms with Crippen LogP contribution in [-0.4, -0.2) is 21.2 Å². The molecule has 0 unspecified atom stereocenters. The van der Waals surface area contributed by atoms with Crippen molar-refractivity contribution >= 4 is 50.8 Å². The molecule has 0 saturated carbocycles. The molecule has 0 aliphatic heterocycles. The van der Waals surface area contributed by atoms with E-state index in [1.807, 2.05) is 55.6 Å². The summed E-state index contributed by atoms with van der Waals surface area (Å²) in [6, 6.07) is 15.5. The van der Waals surface area contributed by atoms with Gasteiger partial charge in [-0.3, -0.25) is 14.2 Å². The van der Waals surface area contributed by atoms with E-state index in [4.69, 9.17) is 16.6 Å². The van der Waals surface area contributed by atoms with Crippen LogP contribution in [0.15, 0.2) is 63.9 Å². The van der Waals surface area contributed by atoms with E-state index in [1.54, 1.807) is 16.7 Å². The summed E-state index contributed by atoms with van der Waals surface area (Å²) >= 11 is 8.59. The van der Waals surface area contributed by atoms with Crippen molar-refractivity contribution in [2.24, 2.45) is 0 Å². The molecule has 0 aliphatic carbocycles. The fourth-order valence-corrected chi connectivity index (χ4v) is 5.26. The van der Waals surface area contributed by atoms with E-state index in [1.165, 1.54) is 28.7 Å². The molecule has 4 rings (SSSR count). The summed E-state index contributed by atoms with van der Waals surface area (Å²) in [5.41, 5.74) is 4.75. The number of halogens is 1. The van der Waals surface area contributed by atoms with Crippen LogP contribution in [0.1, 0.15) is 18.1 Å². The molecule has 0 bridgehead atoms. The Bertz CT molecular complexity index is 1310. The molecule has 0 atom stereocenters. The number of fused-ring (bicyclic) bond motifs is 1. The highest BCUT2D eigenvalue weighted by Crippen LogP contribution is 2.32. The van der Waals surface area contributed by atoms with E-state index in [0.717, 1.165) is 16.7 Å². The van der Waals surface area contributed by atoms with Crippen molar-refractivity contribution in [1.29, 1.82) is 0 Å². The number of rotatable bonds is 7. The average molecular weight is 484 g/mol. The molecule has 4 aromatic rings. The van der Waals surface area contributed by atoms with E-state index in [-0.39, 0.29) is 17.2 Å². The molecule has 164 valence electrons. The Hall–Kier alpha value is -2.61. The molecular weight excluding hydrogens is 462 g/mol. The van der Waals surface area contributed by atoms with Gasteiger partial charge in [-0.25, -0.2) is 4.98 Å². The third-order valence-corrected chi connectivity index (χ3v) is 7.24. The molecule has 0 saturated heterocycles. The summed E-state index contributed by atoms with van der Waals surface area (Å²) in [5.74, 6) is 0.0567. The van der Waals surface area contributed by atoms with Crippen LogP contribution in [0.5, 0.6) is 0 Å². The first-order valence-electron chi connectivity index (χ1n) is 10.2. The van der Waals surface area contributed by atoms with Crippen LogP contribution in [0.2, 0.25) is 5.02 Å². The Morgan fingerprint density at radius 3 is 2.56 bits per heavy atom. The molecule has 0 fully saturated rings. The van der Waals surface area contributed by atoms with Gasteiger partial charge in [0.1, 0.15) is 4.70 Å². The number of carbonyl (C=O) groups excluding carboxylic acids is 1. The number of hydrogen-bond acceptors (Lipinski definition) is 5. The van der Waals surface area contributed by atoms with Crippen LogP contribution in [0.3, 0.4) is 0 Å². The fourth-order valence-electron chi connectivity index (χ4n) is 3.29. The van der Waals surface area contributed by atoms with Gasteiger partial charge in [-0.15, -0.1) is 11.3 Å². The molecule has 32 heavy (non-hydrogen) atoms. The van der Waals surface area contributed by atoms with Crippen molar-refractivity contribution < 1.29 is 4.79 Å². The van der Waals surface area contributed by atoms with Gasteiger partial charge in [0.15, 0.2) is 5.16 Å². The maximum atomic E-state index is 13.1. The zero-order valence-electron chi connectivity index (χ0n) is 17.7. The zero-order chi connectivity index (χ0) is 22.7. The number of aryl methyl sites for hydroxylation is 1. The minimum atomic E-state index is -0.119. The summed E-state index contributed by atoms with van der Waals surface area (Å²) in [6.07, 6.45) is 0. The lowest BCUT2D eigenvalue weighted by atomic mass is 10.1. The van der Waals surface area contributed by atoms with E-state index in [2.05, 4.69) is 5.32 Å². The normalized spacial score (nSPS) is 11.1. The van der Waals surface area contributed by atoms with Crippen molar-refractivity contribution in [2.75, 3.05) is 5.75 Å². The predicted molar refractivity (Wildman–Crippen MR) is 134 cm³/mol. The first kappa shape index (κ1) is 22.6. The van der Waals surface area contributed by atoms with Crippen molar-refractivity contribution in [1.82, 2.24) is 14.9 Å². The van der Waals surface area contributed by atoms with Gasteiger partial charge < -0.3 is 5.32 Å². The lowest BCUT2D eigenvalue weighted by molar-refractivity contribution is -0.118. The van der Waals surface area contributed by atoms with E-state index >= 15 is 0 Å². The Kier molecular flexibility index (Phi) is 6.98. The molecule has 0 aliphatic rings. The van der Waals surface area contributed by atoms with Gasteiger partial charge in [-0.05, 0) is 37.1 Å². The van der Waals surface area contributed by atoms with Gasteiger partial charge in [0, 0.05) is 29.1 Å². The van der Waals surface area contributed by atoms with Crippen LogP contribution in [0.4, 0.5) is 0 Å². The fraction of sp³-hybridized carbons (Fsp3) is 0.208. The maximum absolute atomic E-state index is 13.1. The first-order valence-corrected chi connectivity index (χ1v) is 12.4. The molecule has 1 amide bonds. The zero-order valence-corrected chi connectivity index (χ0v) is 20.1. The molecule has 0 radical (unpaired) electrons. The van der Waals surface area contributed by atoms with Crippen molar-refractivity contribution in [3.05, 3.63) is 80.4 Å². The summed E-state index contributed by atoms with van der Waals surface area (Å²) in [5, 5.41) is 6.10. The SMILES string of the molecule is CCn1c(SCC(=O)NCc2ccc(Cl)cc2)nc2c(-c3ccc(C)cc3)csc2c1=O. The molecule has 2 aromatic heterocycles. The minimum absolute atomic E-state index is 0.0649. The second-order valence-electron chi connectivity index (χ2n) is 7.33. The molecule has 2 aromatic carbocycles. The Labute approximate surface area is 199 Å². The molecule has 2 heterocycles. The quantitative estimate of drug-likeness (QED) is 0.278. The average Bonchev–Trinajstić information content (AvgIpc) is 3.22. The summed E-state index contributed by atoms with van der Waals surface area (Å²) in [6.45, 7) is 4.87. The number of amides is 1. The highest BCUT2D eigenvalue weighted by Gasteiger charge is 2.17. The largest absolute Gasteiger partial charge is 0.351 e. The second-order valence-corrected chi connectivity index (χ2v) is 9.59. The summed E-state index contributed by atoms with van der Waals surface area (Å²) < 4.78 is 2.27. The van der Waals surface area contributed by atoms with Gasteiger partial charge >= 0.3 is 0 Å². The predicted octanol–water partition coefficient (Wildman–Crippen LogP) is 5.52. The topological polar surface area (TPSA) is 64.0 Å². The smallest absolute Gasteiger partial charge is 0.272 e. The number of benzene rings is 2. The number of thioether (sulfide) groups is 1. The van der Waals surface area contributed by atoms with Gasteiger partial charge in [-0.2, -0.15) is 0 Å². The highest BCUT2D eigenvalue weighted by molar-refractivity contribution is 7.99. The van der Waals surface area contributed by atoms with Crippen LogP contribution < -0.4 is 10.9 Å². The number of aromatic nitrogens is 2. The third-order valence-electron chi connectivity index (χ3n) is 5.06. The molecule has 5 nitrogen and oxygen atoms in total. The monoisotopic (exact) mass is 483 g/mol. The van der Waals surface area contributed by atoms with Crippen molar-refractivity contribution in [2.45, 2.75) is 32.1 Å². The lowest BCUT2D eigenvalue weighted by Gasteiger charge is -2.11. The van der Waals surface area contributed by atoms with Crippen molar-refractivity contribution in [3.8, 4) is 11.1 Å². The molecule has 8 heteroatoms. The number of nitrogens with zero attached hydrogens (tertiary/aromatic N) is 2. The second kappa shape index (κ2) is 9.90. The highest BCUT2D eigenvalue weighted by atomic mass is 35.5. The molecular formula is C24H22ClN3O2S2.